The van der Waals surface area contributed by atoms with Crippen molar-refractivity contribution in [1.29, 1.82) is 0 Å². The van der Waals surface area contributed by atoms with Crippen LogP contribution in [0.2, 0.25) is 0 Å². The SMILES string of the molecule is CCN(CC)CCNC(=O)Cn1nc(C)n2nc(-c3ccccc3)cc2c1=O. The molecule has 3 aromatic rings. The first kappa shape index (κ1) is 19.8. The summed E-state index contributed by atoms with van der Waals surface area (Å²) in [6, 6.07) is 11.4. The molecule has 0 aliphatic rings. The molecule has 28 heavy (non-hydrogen) atoms. The van der Waals surface area contributed by atoms with E-state index >= 15 is 0 Å². The van der Waals surface area contributed by atoms with Crippen LogP contribution in [0, 0.1) is 6.92 Å². The molecule has 2 aromatic heterocycles. The number of hydrogen-bond donors (Lipinski definition) is 1. The van der Waals surface area contributed by atoms with E-state index in [2.05, 4.69) is 34.3 Å². The molecule has 0 unspecified atom stereocenters. The zero-order chi connectivity index (χ0) is 20.1. The standard InChI is InChI=1S/C20H26N6O2/c1-4-24(5-2)12-11-21-19(27)14-25-20(28)18-13-17(16-9-7-6-8-10-16)23-26(18)15(3)22-25/h6-10,13H,4-5,11-12,14H2,1-3H3,(H,21,27). The van der Waals surface area contributed by atoms with Crippen LogP contribution in [0.3, 0.4) is 0 Å². The average Bonchev–Trinajstić information content (AvgIpc) is 3.16. The van der Waals surface area contributed by atoms with Gasteiger partial charge in [0.2, 0.25) is 5.91 Å². The summed E-state index contributed by atoms with van der Waals surface area (Å²) in [5.74, 6) is 0.320. The topological polar surface area (TPSA) is 84.5 Å². The van der Waals surface area contributed by atoms with Crippen molar-refractivity contribution < 1.29 is 4.79 Å². The number of benzene rings is 1. The van der Waals surface area contributed by atoms with Crippen molar-refractivity contribution in [3.63, 3.8) is 0 Å². The Morgan fingerprint density at radius 3 is 2.54 bits per heavy atom. The van der Waals surface area contributed by atoms with Gasteiger partial charge >= 0.3 is 0 Å². The highest BCUT2D eigenvalue weighted by molar-refractivity contribution is 5.75. The number of nitrogens with one attached hydrogen (secondary N) is 1. The molecule has 8 heteroatoms. The van der Waals surface area contributed by atoms with E-state index in [4.69, 9.17) is 0 Å². The zero-order valence-corrected chi connectivity index (χ0v) is 16.6. The van der Waals surface area contributed by atoms with Crippen molar-refractivity contribution in [2.45, 2.75) is 27.3 Å². The Balaban J connectivity index is 1.78. The summed E-state index contributed by atoms with van der Waals surface area (Å²) in [5.41, 5.74) is 1.69. The van der Waals surface area contributed by atoms with Gasteiger partial charge in [-0.3, -0.25) is 9.59 Å². The molecule has 0 spiro atoms. The van der Waals surface area contributed by atoms with E-state index in [9.17, 15) is 9.59 Å². The maximum atomic E-state index is 12.8. The fourth-order valence-corrected chi connectivity index (χ4v) is 3.12. The molecule has 0 atom stereocenters. The molecular formula is C20H26N6O2. The van der Waals surface area contributed by atoms with Crippen molar-refractivity contribution in [3.05, 3.63) is 52.6 Å². The molecule has 1 amide bonds. The lowest BCUT2D eigenvalue weighted by molar-refractivity contribution is -0.121. The summed E-state index contributed by atoms with van der Waals surface area (Å²) >= 11 is 0. The molecule has 0 bridgehead atoms. The Morgan fingerprint density at radius 2 is 1.86 bits per heavy atom. The van der Waals surface area contributed by atoms with Crippen molar-refractivity contribution in [2.24, 2.45) is 0 Å². The van der Waals surface area contributed by atoms with E-state index in [-0.39, 0.29) is 18.0 Å². The highest BCUT2D eigenvalue weighted by Crippen LogP contribution is 2.18. The smallest absolute Gasteiger partial charge is 0.293 e. The molecule has 0 saturated carbocycles. The van der Waals surface area contributed by atoms with Crippen molar-refractivity contribution in [2.75, 3.05) is 26.2 Å². The van der Waals surface area contributed by atoms with E-state index in [0.29, 0.717) is 23.6 Å². The highest BCUT2D eigenvalue weighted by Gasteiger charge is 2.14. The van der Waals surface area contributed by atoms with Crippen molar-refractivity contribution in [1.82, 2.24) is 29.6 Å². The molecule has 148 valence electrons. The minimum Gasteiger partial charge on any atom is -0.353 e. The molecule has 1 aromatic carbocycles. The Labute approximate surface area is 163 Å². The number of fused-ring (bicyclic) bond motifs is 1. The third-order valence-electron chi connectivity index (χ3n) is 4.74. The van der Waals surface area contributed by atoms with Gasteiger partial charge in [-0.2, -0.15) is 10.2 Å². The molecule has 0 radical (unpaired) electrons. The number of rotatable bonds is 8. The lowest BCUT2D eigenvalue weighted by atomic mass is 10.1. The van der Waals surface area contributed by atoms with Crippen LogP contribution < -0.4 is 10.9 Å². The molecule has 0 saturated heterocycles. The Bertz CT molecular complexity index is 1000. The summed E-state index contributed by atoms with van der Waals surface area (Å²) in [6.45, 7) is 9.03. The lowest BCUT2D eigenvalue weighted by Gasteiger charge is -2.18. The zero-order valence-electron chi connectivity index (χ0n) is 16.6. The Kier molecular flexibility index (Phi) is 6.20. The molecule has 0 aliphatic carbocycles. The normalized spacial score (nSPS) is 11.3. The summed E-state index contributed by atoms with van der Waals surface area (Å²) in [7, 11) is 0. The van der Waals surface area contributed by atoms with Gasteiger partial charge in [0.25, 0.3) is 5.56 Å². The molecule has 8 nitrogen and oxygen atoms in total. The van der Waals surface area contributed by atoms with Crippen LogP contribution in [0.5, 0.6) is 0 Å². The van der Waals surface area contributed by atoms with Crippen LogP contribution in [-0.2, 0) is 11.3 Å². The minimum absolute atomic E-state index is 0.111. The second kappa shape index (κ2) is 8.79. The monoisotopic (exact) mass is 382 g/mol. The van der Waals surface area contributed by atoms with Crippen LogP contribution >= 0.6 is 0 Å². The molecule has 1 N–H and O–H groups in total. The second-order valence-corrected chi connectivity index (χ2v) is 6.58. The fraction of sp³-hybridized carbons (Fsp3) is 0.400. The van der Waals surface area contributed by atoms with E-state index < -0.39 is 0 Å². The van der Waals surface area contributed by atoms with Crippen LogP contribution in [0.4, 0.5) is 0 Å². The molecule has 3 rings (SSSR count). The van der Waals surface area contributed by atoms with E-state index in [1.54, 1.807) is 13.0 Å². The van der Waals surface area contributed by atoms with Gasteiger partial charge in [0.1, 0.15) is 17.9 Å². The van der Waals surface area contributed by atoms with Crippen molar-refractivity contribution >= 4 is 11.4 Å². The number of aromatic nitrogens is 4. The van der Waals surface area contributed by atoms with Gasteiger partial charge in [-0.05, 0) is 26.1 Å². The maximum absolute atomic E-state index is 12.8. The first-order valence-electron chi connectivity index (χ1n) is 9.55. The maximum Gasteiger partial charge on any atom is 0.293 e. The highest BCUT2D eigenvalue weighted by atomic mass is 16.2. The summed E-state index contributed by atoms with van der Waals surface area (Å²) in [4.78, 5) is 27.3. The van der Waals surface area contributed by atoms with E-state index in [1.165, 1.54) is 9.20 Å². The fourth-order valence-electron chi connectivity index (χ4n) is 3.12. The summed E-state index contributed by atoms with van der Waals surface area (Å²) in [6.07, 6.45) is 0. The van der Waals surface area contributed by atoms with Gasteiger partial charge in [0.05, 0.1) is 5.69 Å². The quantitative estimate of drug-likeness (QED) is 0.635. The van der Waals surface area contributed by atoms with Crippen LogP contribution in [0.1, 0.15) is 19.7 Å². The summed E-state index contributed by atoms with van der Waals surface area (Å²) in [5, 5.41) is 11.6. The molecular weight excluding hydrogens is 356 g/mol. The van der Waals surface area contributed by atoms with Gasteiger partial charge in [0, 0.05) is 18.7 Å². The number of amides is 1. The lowest BCUT2D eigenvalue weighted by Crippen LogP contribution is -2.38. The predicted molar refractivity (Wildman–Crippen MR) is 108 cm³/mol. The average molecular weight is 382 g/mol. The van der Waals surface area contributed by atoms with Gasteiger partial charge < -0.3 is 10.2 Å². The third kappa shape index (κ3) is 4.28. The van der Waals surface area contributed by atoms with Gasteiger partial charge in [-0.25, -0.2) is 9.20 Å². The van der Waals surface area contributed by atoms with E-state index in [1.807, 2.05) is 30.3 Å². The Morgan fingerprint density at radius 1 is 1.14 bits per heavy atom. The van der Waals surface area contributed by atoms with Crippen LogP contribution in [0.15, 0.2) is 41.2 Å². The number of aryl methyl sites for hydroxylation is 1. The second-order valence-electron chi connectivity index (χ2n) is 6.58. The minimum atomic E-state index is -0.334. The number of hydrogen-bond acceptors (Lipinski definition) is 5. The number of carbonyl (C=O) groups is 1. The molecule has 0 fully saturated rings. The largest absolute Gasteiger partial charge is 0.353 e. The Hall–Kier alpha value is -3.00. The first-order valence-corrected chi connectivity index (χ1v) is 9.55. The number of carbonyl (C=O) groups excluding carboxylic acids is 1. The van der Waals surface area contributed by atoms with Gasteiger partial charge in [0.15, 0.2) is 0 Å². The van der Waals surface area contributed by atoms with E-state index in [0.717, 1.165) is 25.2 Å². The number of nitrogens with zero attached hydrogens (tertiary/aromatic N) is 5. The molecule has 2 heterocycles. The third-order valence-corrected chi connectivity index (χ3v) is 4.74. The van der Waals surface area contributed by atoms with Gasteiger partial charge in [-0.15, -0.1) is 0 Å². The summed E-state index contributed by atoms with van der Waals surface area (Å²) < 4.78 is 2.73. The predicted octanol–water partition coefficient (Wildman–Crippen LogP) is 1.32. The van der Waals surface area contributed by atoms with Crippen LogP contribution in [0.25, 0.3) is 16.8 Å². The number of likely N-dealkylation sites (N-methyl/N-ethyl adjacent to an activating group) is 1. The first-order chi connectivity index (χ1) is 13.5. The molecule has 0 aliphatic heterocycles. The van der Waals surface area contributed by atoms with Gasteiger partial charge in [-0.1, -0.05) is 44.2 Å². The van der Waals surface area contributed by atoms with Crippen LogP contribution in [-0.4, -0.2) is 56.4 Å². The van der Waals surface area contributed by atoms with Crippen molar-refractivity contribution in [3.8, 4) is 11.3 Å².